The molecule has 0 bridgehead atoms. The number of hydrogen-bond donors (Lipinski definition) is 3. The Morgan fingerprint density at radius 3 is 2.39 bits per heavy atom. The maximum atomic E-state index is 12.7. The van der Waals surface area contributed by atoms with E-state index in [1.165, 1.54) is 16.7 Å². The van der Waals surface area contributed by atoms with Crippen molar-refractivity contribution in [1.29, 1.82) is 0 Å². The van der Waals surface area contributed by atoms with Crippen molar-refractivity contribution in [3.63, 3.8) is 0 Å². The average Bonchev–Trinajstić information content (AvgIpc) is 2.75. The molecule has 4 nitrogen and oxygen atoms in total. The summed E-state index contributed by atoms with van der Waals surface area (Å²) >= 11 is 0. The molecule has 3 fully saturated rings. The summed E-state index contributed by atoms with van der Waals surface area (Å²) in [7, 11) is 0. The molecule has 0 amide bonds. The fourth-order valence-electron chi connectivity index (χ4n) is 9.95. The summed E-state index contributed by atoms with van der Waals surface area (Å²) in [6.07, 6.45) is 8.32. The third-order valence-electron chi connectivity index (χ3n) is 12.4. The van der Waals surface area contributed by atoms with Gasteiger partial charge in [0.05, 0.1) is 17.6 Å². The average molecular weight is 457 g/mol. The normalized spacial score (nSPS) is 53.9. The van der Waals surface area contributed by atoms with Gasteiger partial charge in [-0.2, -0.15) is 0 Å². The van der Waals surface area contributed by atoms with E-state index < -0.39 is 23.6 Å². The Morgan fingerprint density at radius 1 is 1.03 bits per heavy atom. The molecule has 184 valence electrons. The van der Waals surface area contributed by atoms with Crippen LogP contribution in [0, 0.1) is 45.3 Å². The van der Waals surface area contributed by atoms with Crippen molar-refractivity contribution in [2.24, 2.45) is 45.3 Å². The van der Waals surface area contributed by atoms with Crippen LogP contribution < -0.4 is 0 Å². The van der Waals surface area contributed by atoms with E-state index in [0.29, 0.717) is 24.2 Å². The van der Waals surface area contributed by atoms with E-state index in [-0.39, 0.29) is 22.2 Å². The van der Waals surface area contributed by atoms with E-state index in [1.807, 2.05) is 0 Å². The highest BCUT2D eigenvalue weighted by Crippen LogP contribution is 2.74. The number of rotatable bonds is 1. The first-order valence-electron chi connectivity index (χ1n) is 13.4. The monoisotopic (exact) mass is 456 g/mol. The molecular weight excluding hydrogens is 412 g/mol. The van der Waals surface area contributed by atoms with Crippen molar-refractivity contribution < 1.29 is 20.1 Å². The van der Waals surface area contributed by atoms with Crippen LogP contribution in [0.5, 0.6) is 0 Å². The van der Waals surface area contributed by atoms with Crippen LogP contribution in [0.3, 0.4) is 0 Å². The van der Waals surface area contributed by atoms with Crippen molar-refractivity contribution in [3.05, 3.63) is 22.8 Å². The van der Waals surface area contributed by atoms with Crippen LogP contribution in [0.15, 0.2) is 22.8 Å². The van der Waals surface area contributed by atoms with E-state index >= 15 is 0 Å². The molecule has 0 unspecified atom stereocenters. The number of carboxylic acid groups (broad SMARTS) is 1. The Morgan fingerprint density at radius 2 is 1.73 bits per heavy atom. The van der Waals surface area contributed by atoms with E-state index in [2.05, 4.69) is 47.6 Å². The molecule has 5 aliphatic carbocycles. The molecule has 0 heterocycles. The maximum absolute atomic E-state index is 12.7. The van der Waals surface area contributed by atoms with Gasteiger partial charge in [-0.25, -0.2) is 0 Å². The number of hydrogen-bond acceptors (Lipinski definition) is 3. The molecule has 0 spiro atoms. The number of aliphatic hydroxyl groups is 2. The van der Waals surface area contributed by atoms with E-state index in [4.69, 9.17) is 0 Å². The first-order valence-corrected chi connectivity index (χ1v) is 13.4. The second-order valence-electron chi connectivity index (χ2n) is 13.3. The first kappa shape index (κ1) is 23.6. The molecule has 5 aliphatic rings. The van der Waals surface area contributed by atoms with Crippen LogP contribution in [0.1, 0.15) is 92.9 Å². The van der Waals surface area contributed by atoms with Gasteiger partial charge in [0.1, 0.15) is 0 Å². The lowest BCUT2D eigenvalue weighted by Gasteiger charge is -2.69. The van der Waals surface area contributed by atoms with Gasteiger partial charge in [-0.05, 0) is 109 Å². The summed E-state index contributed by atoms with van der Waals surface area (Å²) in [5.41, 5.74) is 3.08. The van der Waals surface area contributed by atoms with Crippen LogP contribution in [0.4, 0.5) is 0 Å². The summed E-state index contributed by atoms with van der Waals surface area (Å²) in [5.74, 6) is 0.765. The van der Waals surface area contributed by atoms with Gasteiger partial charge in [-0.3, -0.25) is 4.79 Å². The van der Waals surface area contributed by atoms with Gasteiger partial charge in [0.25, 0.3) is 0 Å². The summed E-state index contributed by atoms with van der Waals surface area (Å²) in [6.45, 7) is 13.9. The van der Waals surface area contributed by atoms with Crippen LogP contribution in [0.25, 0.3) is 0 Å². The van der Waals surface area contributed by atoms with Crippen LogP contribution in [0.2, 0.25) is 0 Å². The van der Waals surface area contributed by atoms with Gasteiger partial charge >= 0.3 is 5.97 Å². The maximum Gasteiger partial charge on any atom is 0.314 e. The minimum atomic E-state index is -0.716. The topological polar surface area (TPSA) is 77.8 Å². The highest BCUT2D eigenvalue weighted by molar-refractivity contribution is 5.82. The summed E-state index contributed by atoms with van der Waals surface area (Å²) < 4.78 is 0. The minimum absolute atomic E-state index is 0.0132. The van der Waals surface area contributed by atoms with Crippen molar-refractivity contribution >= 4 is 5.97 Å². The van der Waals surface area contributed by atoms with Crippen molar-refractivity contribution in [2.75, 3.05) is 0 Å². The zero-order valence-electron chi connectivity index (χ0n) is 21.4. The minimum Gasteiger partial charge on any atom is -0.481 e. The van der Waals surface area contributed by atoms with E-state index in [0.717, 1.165) is 44.9 Å². The predicted octanol–water partition coefficient (Wildman–Crippen LogP) is 5.73. The molecule has 3 N–H and O–H groups in total. The predicted molar refractivity (Wildman–Crippen MR) is 129 cm³/mol. The molecular formula is C29H44O4. The number of carboxylic acids is 1. The third kappa shape index (κ3) is 2.74. The van der Waals surface area contributed by atoms with Crippen LogP contribution in [-0.4, -0.2) is 33.5 Å². The van der Waals surface area contributed by atoms with Crippen molar-refractivity contribution in [3.8, 4) is 0 Å². The zero-order chi connectivity index (χ0) is 24.1. The Hall–Kier alpha value is -1.13. The molecule has 0 aromatic rings. The molecule has 0 aliphatic heterocycles. The molecule has 0 radical (unpaired) electrons. The van der Waals surface area contributed by atoms with Crippen molar-refractivity contribution in [2.45, 2.75) is 105 Å². The molecule has 33 heavy (non-hydrogen) atoms. The largest absolute Gasteiger partial charge is 0.481 e. The van der Waals surface area contributed by atoms with Crippen LogP contribution in [-0.2, 0) is 4.79 Å². The smallest absolute Gasteiger partial charge is 0.314 e. The number of fused-ring (bicyclic) bond motifs is 7. The molecule has 0 aromatic carbocycles. The molecule has 0 aromatic heterocycles. The summed E-state index contributed by atoms with van der Waals surface area (Å²) in [5, 5.41) is 31.9. The van der Waals surface area contributed by atoms with Gasteiger partial charge in [-0.1, -0.05) is 46.3 Å². The fourth-order valence-corrected chi connectivity index (χ4v) is 9.95. The molecule has 3 saturated carbocycles. The Kier molecular flexibility index (Phi) is 5.15. The number of allylic oxidation sites excluding steroid dienone is 3. The lowest BCUT2D eigenvalue weighted by Crippen LogP contribution is -2.64. The van der Waals surface area contributed by atoms with Gasteiger partial charge < -0.3 is 15.3 Å². The Labute approximate surface area is 199 Å². The van der Waals surface area contributed by atoms with Gasteiger partial charge in [0.15, 0.2) is 0 Å². The van der Waals surface area contributed by atoms with E-state index in [9.17, 15) is 20.1 Å². The fraction of sp³-hybridized carbons (Fsp3) is 0.828. The number of carbonyl (C=O) groups is 1. The van der Waals surface area contributed by atoms with Gasteiger partial charge in [0.2, 0.25) is 0 Å². The molecule has 0 saturated heterocycles. The quantitative estimate of drug-likeness (QED) is 0.470. The first-order chi connectivity index (χ1) is 15.3. The molecule has 5 rings (SSSR count). The number of aliphatic carboxylic acids is 1. The Bertz CT molecular complexity index is 934. The lowest BCUT2D eigenvalue weighted by atomic mass is 9.35. The summed E-state index contributed by atoms with van der Waals surface area (Å²) in [6, 6.07) is 0. The highest BCUT2D eigenvalue weighted by Gasteiger charge is 2.67. The second-order valence-corrected chi connectivity index (χ2v) is 13.3. The Balaban J connectivity index is 1.65. The SMILES string of the molecule is CC1=C2C3=CC[C@@H]4[C@@]5(C)C[C@@H](O)[C@H](O)[C@@H](C)[C@H]5CC[C@@]4(C)[C@]3(C)CC[C@@]2(C(=O)O)CC[C@H]1C. The lowest BCUT2D eigenvalue weighted by molar-refractivity contribution is -0.200. The molecule has 4 heteroatoms. The number of aliphatic hydroxyl groups excluding tert-OH is 2. The van der Waals surface area contributed by atoms with Crippen LogP contribution >= 0.6 is 0 Å². The van der Waals surface area contributed by atoms with E-state index in [1.54, 1.807) is 0 Å². The van der Waals surface area contributed by atoms with Crippen molar-refractivity contribution in [1.82, 2.24) is 0 Å². The van der Waals surface area contributed by atoms with Gasteiger partial charge in [-0.15, -0.1) is 0 Å². The zero-order valence-corrected chi connectivity index (χ0v) is 21.4. The van der Waals surface area contributed by atoms with Gasteiger partial charge in [0, 0.05) is 0 Å². The second kappa shape index (κ2) is 7.20. The molecule has 10 atom stereocenters. The third-order valence-corrected chi connectivity index (χ3v) is 12.4. The standard InChI is InChI=1S/C29H44O4/c1-16-9-12-29(25(32)33)14-13-27(5)20(23(29)17(16)2)7-8-22-26(4)15-21(30)24(31)18(3)19(26)10-11-28(22,27)6/h7,16,18-19,21-22,24,30-31H,8-15H2,1-6H3,(H,32,33)/t16-,18+,19-,21-,22-,24-,26+,27-,28-,29+/m1/s1. The highest BCUT2D eigenvalue weighted by atomic mass is 16.4. The summed E-state index contributed by atoms with van der Waals surface area (Å²) in [4.78, 5) is 12.7.